The molecule has 1 saturated heterocycles. The van der Waals surface area contributed by atoms with Crippen molar-refractivity contribution in [1.29, 1.82) is 0 Å². The van der Waals surface area contributed by atoms with Crippen LogP contribution in [-0.2, 0) is 0 Å². The van der Waals surface area contributed by atoms with Crippen LogP contribution in [0, 0.1) is 0 Å². The summed E-state index contributed by atoms with van der Waals surface area (Å²) in [6.07, 6.45) is 1.22. The maximum absolute atomic E-state index is 9.21. The molecule has 1 aliphatic rings. The third kappa shape index (κ3) is 2.76. The van der Waals surface area contributed by atoms with Crippen LogP contribution in [0.3, 0.4) is 0 Å². The van der Waals surface area contributed by atoms with Gasteiger partial charge in [0.15, 0.2) is 0 Å². The average molecular weight is 221 g/mol. The highest BCUT2D eigenvalue weighted by atomic mass is 16.3. The number of benzene rings is 1. The number of phenols is 1. The number of nitrogens with zero attached hydrogens (tertiary/aromatic N) is 1. The van der Waals surface area contributed by atoms with E-state index in [1.54, 1.807) is 12.1 Å². The number of phenolic OH excluding ortho intramolecular Hbond substituents is 1. The van der Waals surface area contributed by atoms with Gasteiger partial charge in [0.1, 0.15) is 5.75 Å². The minimum absolute atomic E-state index is 0.354. The first-order valence-corrected chi connectivity index (χ1v) is 6.17. The van der Waals surface area contributed by atoms with Crippen molar-refractivity contribution in [2.45, 2.75) is 39.2 Å². The number of hydrogen-bond donors (Lipinski definition) is 1. The van der Waals surface area contributed by atoms with Gasteiger partial charge in [-0.25, -0.2) is 0 Å². The van der Waals surface area contributed by atoms with E-state index in [2.05, 4.69) is 18.9 Å². The molecule has 0 aliphatic carbocycles. The smallest absolute Gasteiger partial charge is 0.115 e. The van der Waals surface area contributed by atoms with Gasteiger partial charge in [-0.2, -0.15) is 0 Å². The Hall–Kier alpha value is -1.02. The minimum Gasteiger partial charge on any atom is -0.508 e. The molecule has 0 radical (unpaired) electrons. The first-order chi connectivity index (χ1) is 7.68. The second kappa shape index (κ2) is 5.90. The van der Waals surface area contributed by atoms with Crippen LogP contribution in [0.1, 0.15) is 38.7 Å². The highest BCUT2D eigenvalue weighted by Gasteiger charge is 2.28. The van der Waals surface area contributed by atoms with E-state index in [1.165, 1.54) is 18.5 Å². The van der Waals surface area contributed by atoms with Gasteiger partial charge >= 0.3 is 0 Å². The zero-order valence-electron chi connectivity index (χ0n) is 10.8. The summed E-state index contributed by atoms with van der Waals surface area (Å²) >= 11 is 0. The molecule has 0 spiro atoms. The van der Waals surface area contributed by atoms with E-state index in [0.717, 1.165) is 0 Å². The Balaban J connectivity index is 0.000000606. The molecule has 0 bridgehead atoms. The molecule has 0 amide bonds. The molecule has 0 aromatic heterocycles. The molecular weight excluding hydrogens is 198 g/mol. The summed E-state index contributed by atoms with van der Waals surface area (Å²) in [5.74, 6) is 0.980. The number of hydrogen-bond acceptors (Lipinski definition) is 2. The molecular formula is C14H23NO. The van der Waals surface area contributed by atoms with Crippen molar-refractivity contribution in [3.05, 3.63) is 29.8 Å². The zero-order valence-corrected chi connectivity index (χ0v) is 10.8. The standard InChI is InChI=1S/C12H17NO.C2H6/c1-9-12(7-8-13(9)2)10-3-5-11(14)6-4-10;1-2/h3-6,9,12,14H,7-8H2,1-2H3;1-2H3/t9-,12?;/m1./s1. The lowest BCUT2D eigenvalue weighted by Crippen LogP contribution is -2.24. The first kappa shape index (κ1) is 13.0. The molecule has 16 heavy (non-hydrogen) atoms. The van der Waals surface area contributed by atoms with Crippen molar-refractivity contribution in [3.63, 3.8) is 0 Å². The molecule has 1 unspecified atom stereocenters. The SMILES string of the molecule is CC.C[C@@H]1C(c2ccc(O)cc2)CCN1C. The summed E-state index contributed by atoms with van der Waals surface area (Å²) in [6, 6.07) is 8.24. The predicted octanol–water partition coefficient (Wildman–Crippen LogP) is 3.23. The fraction of sp³-hybridized carbons (Fsp3) is 0.571. The molecule has 2 atom stereocenters. The molecule has 1 fully saturated rings. The summed E-state index contributed by atoms with van der Waals surface area (Å²) in [5, 5.41) is 9.21. The molecule has 1 aromatic carbocycles. The summed E-state index contributed by atoms with van der Waals surface area (Å²) < 4.78 is 0. The summed E-state index contributed by atoms with van der Waals surface area (Å²) in [4.78, 5) is 2.39. The highest BCUT2D eigenvalue weighted by molar-refractivity contribution is 5.29. The minimum atomic E-state index is 0.354. The van der Waals surface area contributed by atoms with Crippen molar-refractivity contribution in [2.75, 3.05) is 13.6 Å². The van der Waals surface area contributed by atoms with Crippen LogP contribution in [0.15, 0.2) is 24.3 Å². The second-order valence-corrected chi connectivity index (χ2v) is 4.21. The van der Waals surface area contributed by atoms with Crippen molar-refractivity contribution in [1.82, 2.24) is 4.90 Å². The van der Waals surface area contributed by atoms with E-state index in [1.807, 2.05) is 26.0 Å². The quantitative estimate of drug-likeness (QED) is 0.787. The molecule has 1 aromatic rings. The van der Waals surface area contributed by atoms with Crippen molar-refractivity contribution in [2.24, 2.45) is 0 Å². The third-order valence-corrected chi connectivity index (χ3v) is 3.39. The fourth-order valence-corrected chi connectivity index (χ4v) is 2.26. The normalized spacial score (nSPS) is 25.0. The van der Waals surface area contributed by atoms with E-state index in [9.17, 15) is 5.11 Å². The Labute approximate surface area is 98.9 Å². The summed E-state index contributed by atoms with van der Waals surface area (Å²) in [6.45, 7) is 7.44. The topological polar surface area (TPSA) is 23.5 Å². The highest BCUT2D eigenvalue weighted by Crippen LogP contribution is 2.32. The van der Waals surface area contributed by atoms with Crippen LogP contribution in [0.25, 0.3) is 0 Å². The Bertz CT molecular complexity index is 307. The molecule has 1 heterocycles. The Morgan fingerprint density at radius 3 is 2.19 bits per heavy atom. The second-order valence-electron chi connectivity index (χ2n) is 4.21. The van der Waals surface area contributed by atoms with E-state index in [4.69, 9.17) is 0 Å². The van der Waals surface area contributed by atoms with Crippen LogP contribution in [0.4, 0.5) is 0 Å². The lowest BCUT2D eigenvalue weighted by atomic mass is 9.93. The maximum atomic E-state index is 9.21. The van der Waals surface area contributed by atoms with E-state index >= 15 is 0 Å². The van der Waals surface area contributed by atoms with Crippen LogP contribution in [0.2, 0.25) is 0 Å². The van der Waals surface area contributed by atoms with Gasteiger partial charge in [0.25, 0.3) is 0 Å². The van der Waals surface area contributed by atoms with E-state index in [-0.39, 0.29) is 0 Å². The van der Waals surface area contributed by atoms with Gasteiger partial charge in [0.05, 0.1) is 0 Å². The molecule has 2 heteroatoms. The average Bonchev–Trinajstić information content (AvgIpc) is 2.64. The van der Waals surface area contributed by atoms with E-state index in [0.29, 0.717) is 17.7 Å². The zero-order chi connectivity index (χ0) is 12.1. The first-order valence-electron chi connectivity index (χ1n) is 6.17. The van der Waals surface area contributed by atoms with Gasteiger partial charge in [0, 0.05) is 12.0 Å². The lowest BCUT2D eigenvalue weighted by Gasteiger charge is -2.20. The molecule has 1 aliphatic heterocycles. The predicted molar refractivity (Wildman–Crippen MR) is 68.9 cm³/mol. The van der Waals surface area contributed by atoms with Crippen LogP contribution >= 0.6 is 0 Å². The number of likely N-dealkylation sites (tertiary alicyclic amines) is 1. The summed E-state index contributed by atoms with van der Waals surface area (Å²) in [7, 11) is 2.17. The molecule has 0 saturated carbocycles. The van der Waals surface area contributed by atoms with Crippen LogP contribution in [-0.4, -0.2) is 29.6 Å². The molecule has 1 N–H and O–H groups in total. The van der Waals surface area contributed by atoms with Crippen molar-refractivity contribution < 1.29 is 5.11 Å². The van der Waals surface area contributed by atoms with Crippen LogP contribution in [0.5, 0.6) is 5.75 Å². The van der Waals surface area contributed by atoms with Gasteiger partial charge in [0.2, 0.25) is 0 Å². The summed E-state index contributed by atoms with van der Waals surface area (Å²) in [5.41, 5.74) is 1.35. The van der Waals surface area contributed by atoms with Gasteiger partial charge in [-0.3, -0.25) is 0 Å². The molecule has 2 rings (SSSR count). The Morgan fingerprint density at radius 1 is 1.19 bits per heavy atom. The molecule has 90 valence electrons. The number of likely N-dealkylation sites (N-methyl/N-ethyl adjacent to an activating group) is 1. The number of aromatic hydroxyl groups is 1. The van der Waals surface area contributed by atoms with Gasteiger partial charge < -0.3 is 10.0 Å². The molecule has 2 nitrogen and oxygen atoms in total. The maximum Gasteiger partial charge on any atom is 0.115 e. The Morgan fingerprint density at radius 2 is 1.75 bits per heavy atom. The van der Waals surface area contributed by atoms with Gasteiger partial charge in [-0.1, -0.05) is 26.0 Å². The monoisotopic (exact) mass is 221 g/mol. The van der Waals surface area contributed by atoms with Crippen molar-refractivity contribution in [3.8, 4) is 5.75 Å². The fourth-order valence-electron chi connectivity index (χ4n) is 2.26. The third-order valence-electron chi connectivity index (χ3n) is 3.39. The number of rotatable bonds is 1. The van der Waals surface area contributed by atoms with Gasteiger partial charge in [-0.05, 0) is 44.6 Å². The van der Waals surface area contributed by atoms with Crippen LogP contribution < -0.4 is 0 Å². The van der Waals surface area contributed by atoms with E-state index < -0.39 is 0 Å². The Kier molecular flexibility index (Phi) is 4.81. The van der Waals surface area contributed by atoms with Gasteiger partial charge in [-0.15, -0.1) is 0 Å². The largest absolute Gasteiger partial charge is 0.508 e. The lowest BCUT2D eigenvalue weighted by molar-refractivity contribution is 0.318. The van der Waals surface area contributed by atoms with Crippen molar-refractivity contribution >= 4 is 0 Å².